The summed E-state index contributed by atoms with van der Waals surface area (Å²) >= 11 is 0. The Labute approximate surface area is 121 Å². The van der Waals surface area contributed by atoms with Crippen molar-refractivity contribution >= 4 is 11.6 Å². The topological polar surface area (TPSA) is 38.3 Å². The molecule has 1 N–H and O–H groups in total. The van der Waals surface area contributed by atoms with Crippen LogP contribution >= 0.6 is 0 Å². The van der Waals surface area contributed by atoms with Crippen LogP contribution in [0.15, 0.2) is 42.5 Å². The SMILES string of the molecule is Cc1ccc(NC(=O)[C@@H](C)Oc2ccc(F)cc2)cc1F. The van der Waals surface area contributed by atoms with Gasteiger partial charge in [0.15, 0.2) is 6.10 Å². The van der Waals surface area contributed by atoms with Crippen molar-refractivity contribution in [2.45, 2.75) is 20.0 Å². The van der Waals surface area contributed by atoms with Crippen molar-refractivity contribution in [2.24, 2.45) is 0 Å². The van der Waals surface area contributed by atoms with E-state index in [0.717, 1.165) is 0 Å². The molecule has 110 valence electrons. The van der Waals surface area contributed by atoms with Crippen LogP contribution in [-0.2, 0) is 4.79 Å². The van der Waals surface area contributed by atoms with E-state index < -0.39 is 12.0 Å². The van der Waals surface area contributed by atoms with Gasteiger partial charge in [-0.3, -0.25) is 4.79 Å². The zero-order valence-electron chi connectivity index (χ0n) is 11.7. The molecule has 2 aromatic rings. The van der Waals surface area contributed by atoms with Crippen LogP contribution in [0.5, 0.6) is 5.75 Å². The Morgan fingerprint density at radius 1 is 1.14 bits per heavy atom. The molecule has 0 bridgehead atoms. The van der Waals surface area contributed by atoms with Gasteiger partial charge in [-0.05, 0) is 55.8 Å². The quantitative estimate of drug-likeness (QED) is 0.933. The number of carbonyl (C=O) groups is 1. The first kappa shape index (κ1) is 15.0. The summed E-state index contributed by atoms with van der Waals surface area (Å²) in [5, 5.41) is 2.56. The maximum Gasteiger partial charge on any atom is 0.265 e. The lowest BCUT2D eigenvalue weighted by Crippen LogP contribution is -2.30. The minimum Gasteiger partial charge on any atom is -0.481 e. The molecule has 0 unspecified atom stereocenters. The molecule has 5 heteroatoms. The summed E-state index contributed by atoms with van der Waals surface area (Å²) in [5.41, 5.74) is 0.862. The van der Waals surface area contributed by atoms with Gasteiger partial charge in [-0.1, -0.05) is 6.07 Å². The first-order valence-corrected chi connectivity index (χ1v) is 6.45. The summed E-state index contributed by atoms with van der Waals surface area (Å²) in [6.45, 7) is 3.20. The highest BCUT2D eigenvalue weighted by Gasteiger charge is 2.15. The highest BCUT2D eigenvalue weighted by atomic mass is 19.1. The fraction of sp³-hybridized carbons (Fsp3) is 0.188. The van der Waals surface area contributed by atoms with Gasteiger partial charge in [0.25, 0.3) is 5.91 Å². The molecule has 0 heterocycles. The molecule has 0 spiro atoms. The molecule has 0 saturated heterocycles. The number of halogens is 2. The minimum atomic E-state index is -0.792. The summed E-state index contributed by atoms with van der Waals surface area (Å²) in [5.74, 6) is -0.800. The number of aryl methyl sites for hydroxylation is 1. The number of benzene rings is 2. The number of carbonyl (C=O) groups excluding carboxylic acids is 1. The van der Waals surface area contributed by atoms with Crippen molar-refractivity contribution in [1.29, 1.82) is 0 Å². The van der Waals surface area contributed by atoms with Crippen LogP contribution in [0, 0.1) is 18.6 Å². The summed E-state index contributed by atoms with van der Waals surface area (Å²) in [6.07, 6.45) is -0.792. The summed E-state index contributed by atoms with van der Waals surface area (Å²) in [6, 6.07) is 9.80. The van der Waals surface area contributed by atoms with E-state index in [1.165, 1.54) is 30.3 Å². The molecule has 3 nitrogen and oxygen atoms in total. The molecule has 1 atom stereocenters. The van der Waals surface area contributed by atoms with Gasteiger partial charge in [0.05, 0.1) is 0 Å². The van der Waals surface area contributed by atoms with E-state index in [9.17, 15) is 13.6 Å². The van der Waals surface area contributed by atoms with Crippen LogP contribution < -0.4 is 10.1 Å². The van der Waals surface area contributed by atoms with Crippen LogP contribution in [-0.4, -0.2) is 12.0 Å². The normalized spacial score (nSPS) is 11.8. The van der Waals surface area contributed by atoms with Gasteiger partial charge in [0, 0.05) is 5.69 Å². The fourth-order valence-electron chi connectivity index (χ4n) is 1.69. The van der Waals surface area contributed by atoms with Crippen LogP contribution in [0.3, 0.4) is 0 Å². The number of amides is 1. The summed E-state index contributed by atoms with van der Waals surface area (Å²) in [4.78, 5) is 11.9. The van der Waals surface area contributed by atoms with Crippen LogP contribution in [0.2, 0.25) is 0 Å². The molecular formula is C16H15F2NO2. The van der Waals surface area contributed by atoms with Gasteiger partial charge in [-0.25, -0.2) is 8.78 Å². The Morgan fingerprint density at radius 3 is 2.43 bits per heavy atom. The lowest BCUT2D eigenvalue weighted by Gasteiger charge is -2.15. The van der Waals surface area contributed by atoms with Crippen molar-refractivity contribution in [2.75, 3.05) is 5.32 Å². The van der Waals surface area contributed by atoms with Gasteiger partial charge < -0.3 is 10.1 Å². The van der Waals surface area contributed by atoms with E-state index in [-0.39, 0.29) is 11.6 Å². The number of nitrogens with one attached hydrogen (secondary N) is 1. The Bertz CT molecular complexity index is 641. The lowest BCUT2D eigenvalue weighted by atomic mass is 10.2. The smallest absolute Gasteiger partial charge is 0.265 e. The van der Waals surface area contributed by atoms with Crippen LogP contribution in [0.1, 0.15) is 12.5 Å². The van der Waals surface area contributed by atoms with Gasteiger partial charge >= 0.3 is 0 Å². The zero-order chi connectivity index (χ0) is 15.4. The van der Waals surface area contributed by atoms with Gasteiger partial charge in [-0.15, -0.1) is 0 Å². The zero-order valence-corrected chi connectivity index (χ0v) is 11.7. The van der Waals surface area contributed by atoms with Crippen LogP contribution in [0.25, 0.3) is 0 Å². The molecule has 0 aliphatic rings. The molecule has 0 saturated carbocycles. The average Bonchev–Trinajstić information content (AvgIpc) is 2.45. The Hall–Kier alpha value is -2.43. The van der Waals surface area contributed by atoms with E-state index in [1.807, 2.05) is 0 Å². The largest absolute Gasteiger partial charge is 0.481 e. The third-order valence-electron chi connectivity index (χ3n) is 2.94. The molecule has 0 radical (unpaired) electrons. The average molecular weight is 291 g/mol. The number of anilines is 1. The molecule has 0 aromatic heterocycles. The first-order chi connectivity index (χ1) is 9.95. The summed E-state index contributed by atoms with van der Waals surface area (Å²) in [7, 11) is 0. The van der Waals surface area contributed by atoms with E-state index >= 15 is 0 Å². The third-order valence-corrected chi connectivity index (χ3v) is 2.94. The molecule has 1 amide bonds. The van der Waals surface area contributed by atoms with Crippen molar-refractivity contribution < 1.29 is 18.3 Å². The standard InChI is InChI=1S/C16H15F2NO2/c1-10-3-6-13(9-15(10)18)19-16(20)11(2)21-14-7-4-12(17)5-8-14/h3-9,11H,1-2H3,(H,19,20)/t11-/m1/s1. The monoisotopic (exact) mass is 291 g/mol. The van der Waals surface area contributed by atoms with Gasteiger partial charge in [-0.2, -0.15) is 0 Å². The Morgan fingerprint density at radius 2 is 1.81 bits per heavy atom. The molecule has 21 heavy (non-hydrogen) atoms. The van der Waals surface area contributed by atoms with E-state index in [4.69, 9.17) is 4.74 Å². The minimum absolute atomic E-state index is 0.359. The summed E-state index contributed by atoms with van der Waals surface area (Å²) < 4.78 is 31.6. The Balaban J connectivity index is 1.98. The van der Waals surface area contributed by atoms with Crippen molar-refractivity contribution in [3.63, 3.8) is 0 Å². The number of rotatable bonds is 4. The predicted octanol–water partition coefficient (Wildman–Crippen LogP) is 3.68. The second-order valence-electron chi connectivity index (χ2n) is 4.67. The molecule has 0 fully saturated rings. The maximum atomic E-state index is 13.4. The number of hydrogen-bond donors (Lipinski definition) is 1. The Kier molecular flexibility index (Phi) is 4.52. The van der Waals surface area contributed by atoms with E-state index in [0.29, 0.717) is 17.0 Å². The maximum absolute atomic E-state index is 13.4. The molecular weight excluding hydrogens is 276 g/mol. The lowest BCUT2D eigenvalue weighted by molar-refractivity contribution is -0.122. The van der Waals surface area contributed by atoms with E-state index in [2.05, 4.69) is 5.32 Å². The molecule has 2 aromatic carbocycles. The first-order valence-electron chi connectivity index (χ1n) is 6.45. The van der Waals surface area contributed by atoms with E-state index in [1.54, 1.807) is 26.0 Å². The van der Waals surface area contributed by atoms with Crippen molar-refractivity contribution in [3.8, 4) is 5.75 Å². The van der Waals surface area contributed by atoms with Gasteiger partial charge in [0.2, 0.25) is 0 Å². The molecule has 2 rings (SSSR count). The molecule has 0 aliphatic heterocycles. The highest BCUT2D eigenvalue weighted by molar-refractivity contribution is 5.94. The fourth-order valence-corrected chi connectivity index (χ4v) is 1.69. The van der Waals surface area contributed by atoms with Crippen molar-refractivity contribution in [1.82, 2.24) is 0 Å². The predicted molar refractivity (Wildman–Crippen MR) is 76.3 cm³/mol. The third kappa shape index (κ3) is 4.02. The number of ether oxygens (including phenoxy) is 1. The molecule has 0 aliphatic carbocycles. The van der Waals surface area contributed by atoms with Crippen LogP contribution in [0.4, 0.5) is 14.5 Å². The van der Waals surface area contributed by atoms with Crippen molar-refractivity contribution in [3.05, 3.63) is 59.7 Å². The second-order valence-corrected chi connectivity index (χ2v) is 4.67. The van der Waals surface area contributed by atoms with Gasteiger partial charge in [0.1, 0.15) is 17.4 Å². The second kappa shape index (κ2) is 6.35. The highest BCUT2D eigenvalue weighted by Crippen LogP contribution is 2.16. The number of hydrogen-bond acceptors (Lipinski definition) is 2.